The van der Waals surface area contributed by atoms with Crippen molar-refractivity contribution in [2.45, 2.75) is 12.8 Å². The maximum atomic E-state index is 13.1. The fourth-order valence-electron chi connectivity index (χ4n) is 2.11. The summed E-state index contributed by atoms with van der Waals surface area (Å²) in [5.74, 6) is -0.513. The largest absolute Gasteiger partial charge is 0.469 e. The van der Waals surface area contributed by atoms with Crippen molar-refractivity contribution in [2.75, 3.05) is 7.11 Å². The topological polar surface area (TPSA) is 39.2 Å². The van der Waals surface area contributed by atoms with Gasteiger partial charge >= 0.3 is 5.97 Å². The summed E-state index contributed by atoms with van der Waals surface area (Å²) < 4.78 is 17.7. The van der Waals surface area contributed by atoms with Gasteiger partial charge in [0.15, 0.2) is 0 Å². The van der Waals surface area contributed by atoms with Gasteiger partial charge in [0.25, 0.3) is 0 Å². The number of ether oxygens (including phenoxy) is 1. The molecular weight excluding hydrogens is 253 g/mol. The fourth-order valence-corrected chi connectivity index (χ4v) is 3.21. The zero-order chi connectivity index (χ0) is 12.7. The van der Waals surface area contributed by atoms with Gasteiger partial charge in [0.2, 0.25) is 0 Å². The van der Waals surface area contributed by atoms with Crippen LogP contribution in [-0.2, 0) is 22.4 Å². The number of aromatic nitrogens is 1. The quantitative estimate of drug-likeness (QED) is 0.667. The Morgan fingerprint density at radius 2 is 2.39 bits per heavy atom. The average molecular weight is 263 g/mol. The highest BCUT2D eigenvalue weighted by atomic mass is 32.1. The molecule has 0 unspecified atom stereocenters. The molecule has 0 saturated carbocycles. The second-order valence-electron chi connectivity index (χ2n) is 4.11. The van der Waals surface area contributed by atoms with Gasteiger partial charge in [-0.3, -0.25) is 4.79 Å². The molecule has 0 atom stereocenters. The Morgan fingerprint density at radius 3 is 3.17 bits per heavy atom. The van der Waals surface area contributed by atoms with Crippen LogP contribution in [0.15, 0.2) is 18.2 Å². The van der Waals surface area contributed by atoms with E-state index in [-0.39, 0.29) is 18.2 Å². The molecule has 3 nitrogen and oxygen atoms in total. The van der Waals surface area contributed by atoms with Crippen molar-refractivity contribution in [3.8, 4) is 11.3 Å². The smallest absolute Gasteiger partial charge is 0.312 e. The maximum Gasteiger partial charge on any atom is 0.312 e. The lowest BCUT2D eigenvalue weighted by atomic mass is 10.1. The van der Waals surface area contributed by atoms with E-state index in [1.165, 1.54) is 24.5 Å². The van der Waals surface area contributed by atoms with E-state index in [4.69, 9.17) is 0 Å². The molecule has 5 heteroatoms. The summed E-state index contributed by atoms with van der Waals surface area (Å²) in [4.78, 5) is 16.7. The molecule has 0 radical (unpaired) electrons. The molecule has 0 spiro atoms. The van der Waals surface area contributed by atoms with Gasteiger partial charge in [0, 0.05) is 16.9 Å². The van der Waals surface area contributed by atoms with Crippen molar-refractivity contribution >= 4 is 17.3 Å². The van der Waals surface area contributed by atoms with E-state index in [0.717, 1.165) is 26.7 Å². The normalized spacial score (nSPS) is 12.1. The Labute approximate surface area is 107 Å². The monoisotopic (exact) mass is 263 g/mol. The third kappa shape index (κ3) is 1.80. The number of rotatable bonds is 2. The van der Waals surface area contributed by atoms with Gasteiger partial charge < -0.3 is 4.74 Å². The zero-order valence-electron chi connectivity index (χ0n) is 9.70. The van der Waals surface area contributed by atoms with E-state index in [1.807, 2.05) is 0 Å². The molecular formula is C13H10FNO2S. The number of thiazole rings is 1. The molecule has 0 N–H and O–H groups in total. The summed E-state index contributed by atoms with van der Waals surface area (Å²) in [6.07, 6.45) is 0.895. The van der Waals surface area contributed by atoms with Gasteiger partial charge in [-0.1, -0.05) is 0 Å². The number of benzene rings is 1. The van der Waals surface area contributed by atoms with Gasteiger partial charge in [-0.25, -0.2) is 9.37 Å². The number of methoxy groups -OCH3 is 1. The van der Waals surface area contributed by atoms with Gasteiger partial charge in [-0.05, 0) is 23.8 Å². The average Bonchev–Trinajstić information content (AvgIpc) is 2.84. The second kappa shape index (κ2) is 4.17. The molecule has 2 aromatic rings. The summed E-state index contributed by atoms with van der Waals surface area (Å²) in [6.45, 7) is 0. The van der Waals surface area contributed by atoms with Crippen molar-refractivity contribution in [3.63, 3.8) is 0 Å². The first-order valence-electron chi connectivity index (χ1n) is 5.51. The molecule has 1 heterocycles. The van der Waals surface area contributed by atoms with Gasteiger partial charge in [-0.15, -0.1) is 11.3 Å². The van der Waals surface area contributed by atoms with Crippen molar-refractivity contribution in [3.05, 3.63) is 39.5 Å². The summed E-state index contributed by atoms with van der Waals surface area (Å²) >= 11 is 1.49. The Morgan fingerprint density at radius 1 is 1.56 bits per heavy atom. The standard InChI is InChI=1S/C13H10FNO2S/c1-17-12(16)6-11-15-13-9-3-2-8(14)4-7(9)5-10(13)18-11/h2-4H,5-6H2,1H3. The van der Waals surface area contributed by atoms with Gasteiger partial charge in [0.1, 0.15) is 10.8 Å². The Bertz CT molecular complexity index is 636. The van der Waals surface area contributed by atoms with Crippen LogP contribution in [0.25, 0.3) is 11.3 Å². The fraction of sp³-hybridized carbons (Fsp3) is 0.231. The summed E-state index contributed by atoms with van der Waals surface area (Å²) in [6, 6.07) is 4.73. The van der Waals surface area contributed by atoms with Crippen LogP contribution in [0.1, 0.15) is 15.4 Å². The summed E-state index contributed by atoms with van der Waals surface area (Å²) in [7, 11) is 1.36. The van der Waals surface area contributed by atoms with E-state index < -0.39 is 0 Å². The molecule has 0 bridgehead atoms. The number of hydrogen-bond donors (Lipinski definition) is 0. The van der Waals surface area contributed by atoms with Crippen LogP contribution in [0.5, 0.6) is 0 Å². The number of carbonyl (C=O) groups excluding carboxylic acids is 1. The van der Waals surface area contributed by atoms with Crippen LogP contribution in [-0.4, -0.2) is 18.1 Å². The molecule has 0 saturated heterocycles. The molecule has 1 aromatic heterocycles. The zero-order valence-corrected chi connectivity index (χ0v) is 10.5. The lowest BCUT2D eigenvalue weighted by Gasteiger charge is -1.99. The van der Waals surface area contributed by atoms with Crippen molar-refractivity contribution < 1.29 is 13.9 Å². The van der Waals surface area contributed by atoms with E-state index in [0.29, 0.717) is 6.42 Å². The Kier molecular flexibility index (Phi) is 2.63. The first kappa shape index (κ1) is 11.3. The van der Waals surface area contributed by atoms with Crippen LogP contribution < -0.4 is 0 Å². The van der Waals surface area contributed by atoms with E-state index in [2.05, 4.69) is 9.72 Å². The van der Waals surface area contributed by atoms with Crippen LogP contribution in [0, 0.1) is 5.82 Å². The SMILES string of the molecule is COC(=O)Cc1nc2c(s1)Cc1cc(F)ccc1-2. The molecule has 3 rings (SSSR count). The lowest BCUT2D eigenvalue weighted by molar-refractivity contribution is -0.139. The number of nitrogens with zero attached hydrogens (tertiary/aromatic N) is 1. The summed E-state index contributed by atoms with van der Waals surface area (Å²) in [5, 5.41) is 0.752. The number of esters is 1. The highest BCUT2D eigenvalue weighted by Gasteiger charge is 2.24. The lowest BCUT2D eigenvalue weighted by Crippen LogP contribution is -2.03. The van der Waals surface area contributed by atoms with Crippen LogP contribution in [0.3, 0.4) is 0 Å². The minimum atomic E-state index is -0.290. The molecule has 0 fully saturated rings. The van der Waals surface area contributed by atoms with Crippen molar-refractivity contribution in [2.24, 2.45) is 0 Å². The minimum absolute atomic E-state index is 0.199. The molecule has 1 aromatic carbocycles. The third-order valence-corrected chi connectivity index (χ3v) is 3.99. The first-order valence-corrected chi connectivity index (χ1v) is 6.33. The highest BCUT2D eigenvalue weighted by Crippen LogP contribution is 2.39. The predicted molar refractivity (Wildman–Crippen MR) is 66.0 cm³/mol. The number of halogens is 1. The first-order chi connectivity index (χ1) is 8.67. The minimum Gasteiger partial charge on any atom is -0.469 e. The van der Waals surface area contributed by atoms with E-state index >= 15 is 0 Å². The van der Waals surface area contributed by atoms with Crippen LogP contribution >= 0.6 is 11.3 Å². The molecule has 92 valence electrons. The Balaban J connectivity index is 1.95. The molecule has 0 amide bonds. The molecule has 1 aliphatic rings. The van der Waals surface area contributed by atoms with Crippen LogP contribution in [0.4, 0.5) is 4.39 Å². The van der Waals surface area contributed by atoms with E-state index in [9.17, 15) is 9.18 Å². The highest BCUT2D eigenvalue weighted by molar-refractivity contribution is 7.12. The third-order valence-electron chi connectivity index (χ3n) is 2.94. The van der Waals surface area contributed by atoms with Crippen LogP contribution in [0.2, 0.25) is 0 Å². The molecule has 1 aliphatic carbocycles. The van der Waals surface area contributed by atoms with Crippen molar-refractivity contribution in [1.82, 2.24) is 4.98 Å². The van der Waals surface area contributed by atoms with Gasteiger partial charge in [0.05, 0.1) is 19.2 Å². The number of hydrogen-bond acceptors (Lipinski definition) is 4. The molecule has 18 heavy (non-hydrogen) atoms. The number of carbonyl (C=O) groups is 1. The molecule has 0 aliphatic heterocycles. The number of fused-ring (bicyclic) bond motifs is 3. The Hall–Kier alpha value is -1.75. The van der Waals surface area contributed by atoms with E-state index in [1.54, 1.807) is 12.1 Å². The maximum absolute atomic E-state index is 13.1. The van der Waals surface area contributed by atoms with Crippen molar-refractivity contribution in [1.29, 1.82) is 0 Å². The van der Waals surface area contributed by atoms with Gasteiger partial charge in [-0.2, -0.15) is 0 Å². The summed E-state index contributed by atoms with van der Waals surface area (Å²) in [5.41, 5.74) is 2.82. The second-order valence-corrected chi connectivity index (χ2v) is 5.28. The predicted octanol–water partition coefficient (Wildman–Crippen LogP) is 2.57.